The highest BCUT2D eigenvalue weighted by Crippen LogP contribution is 2.38. The average molecular weight is 386 g/mol. The van der Waals surface area contributed by atoms with Gasteiger partial charge in [0, 0.05) is 12.0 Å². The largest absolute Gasteiger partial charge is 0.493 e. The van der Waals surface area contributed by atoms with E-state index < -0.39 is 5.97 Å². The minimum atomic E-state index is -0.438. The third-order valence-electron chi connectivity index (χ3n) is 4.39. The number of methoxy groups -OCH3 is 3. The van der Waals surface area contributed by atoms with Crippen LogP contribution in [0.25, 0.3) is 0 Å². The molecule has 0 N–H and O–H groups in total. The van der Waals surface area contributed by atoms with Crippen molar-refractivity contribution in [2.75, 3.05) is 27.9 Å². The predicted molar refractivity (Wildman–Crippen MR) is 106 cm³/mol. The molecule has 0 spiro atoms. The first-order valence-electron chi connectivity index (χ1n) is 9.09. The number of benzene rings is 2. The Balaban J connectivity index is 1.90. The van der Waals surface area contributed by atoms with E-state index in [1.165, 1.54) is 21.3 Å². The van der Waals surface area contributed by atoms with Crippen LogP contribution in [-0.4, -0.2) is 39.7 Å². The van der Waals surface area contributed by atoms with Crippen molar-refractivity contribution in [3.63, 3.8) is 0 Å². The molecule has 0 radical (unpaired) electrons. The smallest absolute Gasteiger partial charge is 0.306 e. The molecule has 2 aromatic rings. The van der Waals surface area contributed by atoms with Gasteiger partial charge < -0.3 is 18.9 Å². The number of aryl methyl sites for hydroxylation is 2. The molecule has 0 amide bonds. The van der Waals surface area contributed by atoms with Crippen LogP contribution in [0.1, 0.15) is 34.8 Å². The van der Waals surface area contributed by atoms with Gasteiger partial charge in [-0.3, -0.25) is 9.59 Å². The van der Waals surface area contributed by atoms with E-state index in [0.29, 0.717) is 29.2 Å². The summed E-state index contributed by atoms with van der Waals surface area (Å²) >= 11 is 0. The highest BCUT2D eigenvalue weighted by Gasteiger charge is 2.15. The lowest BCUT2D eigenvalue weighted by atomic mass is 10.1. The minimum absolute atomic E-state index is 0.140. The molecule has 2 rings (SSSR count). The van der Waals surface area contributed by atoms with Crippen molar-refractivity contribution in [2.45, 2.75) is 26.2 Å². The second kappa shape index (κ2) is 10.3. The zero-order chi connectivity index (χ0) is 20.5. The van der Waals surface area contributed by atoms with Crippen LogP contribution in [0.3, 0.4) is 0 Å². The maximum absolute atomic E-state index is 12.1. The topological polar surface area (TPSA) is 71.1 Å². The van der Waals surface area contributed by atoms with Crippen molar-refractivity contribution in [2.24, 2.45) is 0 Å². The number of ether oxygens (including phenoxy) is 4. The van der Waals surface area contributed by atoms with Gasteiger partial charge in [0.1, 0.15) is 0 Å². The second-order valence-corrected chi connectivity index (χ2v) is 6.17. The van der Waals surface area contributed by atoms with Crippen LogP contribution >= 0.6 is 0 Å². The maximum atomic E-state index is 12.1. The van der Waals surface area contributed by atoms with Crippen LogP contribution < -0.4 is 14.2 Å². The van der Waals surface area contributed by atoms with Crippen molar-refractivity contribution in [3.05, 3.63) is 53.1 Å². The van der Waals surface area contributed by atoms with Gasteiger partial charge in [0.05, 0.1) is 21.3 Å². The third kappa shape index (κ3) is 5.49. The highest BCUT2D eigenvalue weighted by molar-refractivity contribution is 5.97. The second-order valence-electron chi connectivity index (χ2n) is 6.17. The summed E-state index contributed by atoms with van der Waals surface area (Å²) in [5.41, 5.74) is 2.53. The molecule has 0 saturated heterocycles. The van der Waals surface area contributed by atoms with Gasteiger partial charge in [-0.15, -0.1) is 0 Å². The molecule has 28 heavy (non-hydrogen) atoms. The average Bonchev–Trinajstić information content (AvgIpc) is 2.74. The summed E-state index contributed by atoms with van der Waals surface area (Å²) in [4.78, 5) is 24.2. The maximum Gasteiger partial charge on any atom is 0.306 e. The Kier molecular flexibility index (Phi) is 7.87. The molecule has 0 aromatic heterocycles. The molecule has 0 heterocycles. The van der Waals surface area contributed by atoms with E-state index in [4.69, 9.17) is 18.9 Å². The van der Waals surface area contributed by atoms with Gasteiger partial charge in [-0.25, -0.2) is 0 Å². The van der Waals surface area contributed by atoms with E-state index in [2.05, 4.69) is 0 Å². The van der Waals surface area contributed by atoms with E-state index >= 15 is 0 Å². The molecule has 0 unspecified atom stereocenters. The number of Topliss-reactive ketones (excluding diaryl/α,β-unsaturated/α-hetero) is 1. The Hall–Kier alpha value is -3.02. The summed E-state index contributed by atoms with van der Waals surface area (Å²) in [5, 5.41) is 0. The standard InChI is InChI=1S/C22H26O6/c1-5-15-6-9-17(10-7-15)18(23)14-28-21(24)11-8-16-12-19(25-2)22(27-4)20(13-16)26-3/h6-7,9-10,12-13H,5,8,11,14H2,1-4H3. The number of hydrogen-bond donors (Lipinski definition) is 0. The van der Waals surface area contributed by atoms with Gasteiger partial charge in [-0.2, -0.15) is 0 Å². The fraction of sp³-hybridized carbons (Fsp3) is 0.364. The van der Waals surface area contributed by atoms with Crippen molar-refractivity contribution < 1.29 is 28.5 Å². The Morgan fingerprint density at radius 3 is 1.96 bits per heavy atom. The Labute approximate surface area is 165 Å². The van der Waals surface area contributed by atoms with E-state index in [-0.39, 0.29) is 18.8 Å². The van der Waals surface area contributed by atoms with Crippen LogP contribution in [0, 0.1) is 0 Å². The fourth-order valence-electron chi connectivity index (χ4n) is 2.75. The van der Waals surface area contributed by atoms with Crippen molar-refractivity contribution in [1.29, 1.82) is 0 Å². The minimum Gasteiger partial charge on any atom is -0.493 e. The van der Waals surface area contributed by atoms with Crippen LogP contribution in [-0.2, 0) is 22.4 Å². The number of carbonyl (C=O) groups is 2. The summed E-state index contributed by atoms with van der Waals surface area (Å²) in [7, 11) is 4.60. The quantitative estimate of drug-likeness (QED) is 0.459. The summed E-state index contributed by atoms with van der Waals surface area (Å²) in [6, 6.07) is 10.9. The predicted octanol–water partition coefficient (Wildman–Crippen LogP) is 3.63. The number of hydrogen-bond acceptors (Lipinski definition) is 6. The molecule has 6 nitrogen and oxygen atoms in total. The number of esters is 1. The Morgan fingerprint density at radius 1 is 0.857 bits per heavy atom. The summed E-state index contributed by atoms with van der Waals surface area (Å²) in [6.07, 6.45) is 1.47. The molecular formula is C22H26O6. The van der Waals surface area contributed by atoms with Crippen molar-refractivity contribution in [3.8, 4) is 17.2 Å². The molecule has 0 fully saturated rings. The first kappa shape index (κ1) is 21.3. The van der Waals surface area contributed by atoms with Crippen LogP contribution in [0.4, 0.5) is 0 Å². The van der Waals surface area contributed by atoms with Gasteiger partial charge in [-0.05, 0) is 36.1 Å². The van der Waals surface area contributed by atoms with E-state index in [9.17, 15) is 9.59 Å². The van der Waals surface area contributed by atoms with Gasteiger partial charge in [0.2, 0.25) is 5.75 Å². The molecule has 2 aromatic carbocycles. The van der Waals surface area contributed by atoms with Crippen LogP contribution in [0.2, 0.25) is 0 Å². The van der Waals surface area contributed by atoms with E-state index in [0.717, 1.165) is 17.5 Å². The molecule has 0 atom stereocenters. The lowest BCUT2D eigenvalue weighted by molar-refractivity contribution is -0.142. The van der Waals surface area contributed by atoms with Crippen LogP contribution in [0.15, 0.2) is 36.4 Å². The molecule has 150 valence electrons. The summed E-state index contributed by atoms with van der Waals surface area (Å²) < 4.78 is 21.0. The molecule has 0 aliphatic heterocycles. The van der Waals surface area contributed by atoms with Gasteiger partial charge in [0.25, 0.3) is 0 Å². The lowest BCUT2D eigenvalue weighted by Gasteiger charge is -2.14. The third-order valence-corrected chi connectivity index (χ3v) is 4.39. The number of ketones is 1. The number of carbonyl (C=O) groups excluding carboxylic acids is 2. The summed E-state index contributed by atoms with van der Waals surface area (Å²) in [6.45, 7) is 1.78. The lowest BCUT2D eigenvalue weighted by Crippen LogP contribution is -2.14. The molecule has 0 aliphatic carbocycles. The molecular weight excluding hydrogens is 360 g/mol. The van der Waals surface area contributed by atoms with Gasteiger partial charge >= 0.3 is 5.97 Å². The Morgan fingerprint density at radius 2 is 1.46 bits per heavy atom. The molecule has 0 saturated carbocycles. The number of rotatable bonds is 10. The zero-order valence-electron chi connectivity index (χ0n) is 16.7. The zero-order valence-corrected chi connectivity index (χ0v) is 16.7. The monoisotopic (exact) mass is 386 g/mol. The molecule has 6 heteroatoms. The van der Waals surface area contributed by atoms with E-state index in [1.54, 1.807) is 24.3 Å². The molecule has 0 bridgehead atoms. The Bertz CT molecular complexity index is 785. The normalized spacial score (nSPS) is 10.3. The van der Waals surface area contributed by atoms with Crippen LogP contribution in [0.5, 0.6) is 17.2 Å². The fourth-order valence-corrected chi connectivity index (χ4v) is 2.75. The highest BCUT2D eigenvalue weighted by atomic mass is 16.5. The van der Waals surface area contributed by atoms with E-state index in [1.807, 2.05) is 19.1 Å². The SMILES string of the molecule is CCc1ccc(C(=O)COC(=O)CCc2cc(OC)c(OC)c(OC)c2)cc1. The van der Waals surface area contributed by atoms with Crippen molar-refractivity contribution >= 4 is 11.8 Å². The first-order chi connectivity index (χ1) is 13.5. The van der Waals surface area contributed by atoms with Gasteiger partial charge in [0.15, 0.2) is 23.9 Å². The molecule has 0 aliphatic rings. The first-order valence-corrected chi connectivity index (χ1v) is 9.09. The van der Waals surface area contributed by atoms with Crippen molar-refractivity contribution in [1.82, 2.24) is 0 Å². The van der Waals surface area contributed by atoms with Gasteiger partial charge in [-0.1, -0.05) is 31.2 Å². The summed E-state index contributed by atoms with van der Waals surface area (Å²) in [5.74, 6) is 0.888.